The number of benzene rings is 1. The third-order valence-electron chi connectivity index (χ3n) is 4.22. The molecule has 0 spiro atoms. The molecule has 0 unspecified atom stereocenters. The lowest BCUT2D eigenvalue weighted by atomic mass is 10.2. The van der Waals surface area contributed by atoms with Gasteiger partial charge in [-0.1, -0.05) is 32.0 Å². The van der Waals surface area contributed by atoms with Crippen molar-refractivity contribution >= 4 is 33.1 Å². The number of anilines is 2. The Hall–Kier alpha value is -1.92. The highest BCUT2D eigenvalue weighted by molar-refractivity contribution is 9.10. The van der Waals surface area contributed by atoms with Crippen LogP contribution in [0.5, 0.6) is 0 Å². The maximum absolute atomic E-state index is 4.66. The number of rotatable bonds is 7. The maximum atomic E-state index is 4.66. The van der Waals surface area contributed by atoms with Crippen LogP contribution in [-0.2, 0) is 0 Å². The van der Waals surface area contributed by atoms with Crippen LogP contribution in [0.1, 0.15) is 13.8 Å². The first-order valence-corrected chi connectivity index (χ1v) is 9.06. The van der Waals surface area contributed by atoms with Gasteiger partial charge in [-0.2, -0.15) is 0 Å². The summed E-state index contributed by atoms with van der Waals surface area (Å²) in [4.78, 5) is 13.8. The SMILES string of the molecule is CCN(CC)CCN(c1ccccc1)c1ncc(Br)n2ccnc12. The minimum Gasteiger partial charge on any atom is -0.322 e. The van der Waals surface area contributed by atoms with Gasteiger partial charge in [-0.05, 0) is 41.2 Å². The van der Waals surface area contributed by atoms with E-state index < -0.39 is 0 Å². The summed E-state index contributed by atoms with van der Waals surface area (Å²) in [5, 5.41) is 0. The van der Waals surface area contributed by atoms with Crippen molar-refractivity contribution in [1.82, 2.24) is 19.3 Å². The summed E-state index contributed by atoms with van der Waals surface area (Å²) in [6, 6.07) is 10.4. The molecule has 0 saturated carbocycles. The first kappa shape index (κ1) is 16.9. The minimum atomic E-state index is 0.854. The van der Waals surface area contributed by atoms with Gasteiger partial charge in [-0.3, -0.25) is 4.40 Å². The molecule has 0 radical (unpaired) electrons. The normalized spacial score (nSPS) is 11.3. The van der Waals surface area contributed by atoms with Crippen molar-refractivity contribution in [3.05, 3.63) is 53.5 Å². The Labute approximate surface area is 151 Å². The van der Waals surface area contributed by atoms with Crippen LogP contribution in [0.3, 0.4) is 0 Å². The lowest BCUT2D eigenvalue weighted by molar-refractivity contribution is 0.312. The van der Waals surface area contributed by atoms with Crippen LogP contribution in [0.15, 0.2) is 53.5 Å². The highest BCUT2D eigenvalue weighted by Gasteiger charge is 2.17. The summed E-state index contributed by atoms with van der Waals surface area (Å²) in [6.07, 6.45) is 5.58. The van der Waals surface area contributed by atoms with Crippen LogP contribution in [0.25, 0.3) is 5.65 Å². The molecule has 6 heteroatoms. The Bertz CT molecular complexity index is 782. The number of fused-ring (bicyclic) bond motifs is 1. The first-order valence-electron chi connectivity index (χ1n) is 8.27. The second kappa shape index (κ2) is 7.77. The lowest BCUT2D eigenvalue weighted by Gasteiger charge is -2.27. The molecular weight excluding hydrogens is 366 g/mol. The second-order valence-corrected chi connectivity index (χ2v) is 6.35. The fourth-order valence-corrected chi connectivity index (χ4v) is 3.20. The van der Waals surface area contributed by atoms with Gasteiger partial charge in [-0.25, -0.2) is 9.97 Å². The summed E-state index contributed by atoms with van der Waals surface area (Å²) in [5.74, 6) is 0.876. The van der Waals surface area contributed by atoms with E-state index in [-0.39, 0.29) is 0 Å². The zero-order valence-electron chi connectivity index (χ0n) is 14.1. The zero-order valence-corrected chi connectivity index (χ0v) is 15.6. The van der Waals surface area contributed by atoms with E-state index in [2.05, 4.69) is 73.8 Å². The summed E-state index contributed by atoms with van der Waals surface area (Å²) in [6.45, 7) is 8.33. The van der Waals surface area contributed by atoms with Gasteiger partial charge in [-0.15, -0.1) is 0 Å². The smallest absolute Gasteiger partial charge is 0.181 e. The molecule has 5 nitrogen and oxygen atoms in total. The fourth-order valence-electron chi connectivity index (χ4n) is 2.81. The van der Waals surface area contributed by atoms with E-state index in [4.69, 9.17) is 0 Å². The molecule has 2 heterocycles. The van der Waals surface area contributed by atoms with Crippen LogP contribution < -0.4 is 4.90 Å². The van der Waals surface area contributed by atoms with Crippen LogP contribution in [0.4, 0.5) is 11.5 Å². The quantitative estimate of drug-likeness (QED) is 0.614. The Morgan fingerprint density at radius 1 is 1.04 bits per heavy atom. The molecule has 0 amide bonds. The van der Waals surface area contributed by atoms with Gasteiger partial charge in [0.25, 0.3) is 0 Å². The highest BCUT2D eigenvalue weighted by atomic mass is 79.9. The summed E-state index contributed by atoms with van der Waals surface area (Å²) < 4.78 is 2.91. The van der Waals surface area contributed by atoms with Crippen molar-refractivity contribution < 1.29 is 0 Å². The van der Waals surface area contributed by atoms with Crippen molar-refractivity contribution in [2.75, 3.05) is 31.1 Å². The minimum absolute atomic E-state index is 0.854. The highest BCUT2D eigenvalue weighted by Crippen LogP contribution is 2.28. The standard InChI is InChI=1S/C18H22BrN5/c1-3-22(4-2)12-13-23(15-8-6-5-7-9-15)18-17-20-10-11-24(17)16(19)14-21-18/h5-11,14H,3-4,12-13H2,1-2H3. The molecule has 0 saturated heterocycles. The van der Waals surface area contributed by atoms with E-state index in [9.17, 15) is 0 Å². The topological polar surface area (TPSA) is 36.7 Å². The molecule has 0 bridgehead atoms. The predicted octanol–water partition coefficient (Wildman–Crippen LogP) is 3.97. The number of halogens is 1. The second-order valence-electron chi connectivity index (χ2n) is 5.54. The zero-order chi connectivity index (χ0) is 16.9. The molecule has 24 heavy (non-hydrogen) atoms. The van der Waals surface area contributed by atoms with Gasteiger partial charge in [0.1, 0.15) is 4.60 Å². The van der Waals surface area contributed by atoms with E-state index in [0.29, 0.717) is 0 Å². The molecule has 0 fully saturated rings. The molecule has 0 aliphatic carbocycles. The van der Waals surface area contributed by atoms with Gasteiger partial charge in [0.2, 0.25) is 0 Å². The average molecular weight is 388 g/mol. The van der Waals surface area contributed by atoms with Gasteiger partial charge in [0.15, 0.2) is 11.5 Å². The third-order valence-corrected chi connectivity index (χ3v) is 4.81. The third kappa shape index (κ3) is 3.44. The van der Waals surface area contributed by atoms with Crippen molar-refractivity contribution in [3.63, 3.8) is 0 Å². The van der Waals surface area contributed by atoms with Crippen molar-refractivity contribution in [2.24, 2.45) is 0 Å². The Kier molecular flexibility index (Phi) is 5.48. The number of para-hydroxylation sites is 1. The van der Waals surface area contributed by atoms with E-state index in [0.717, 1.165) is 47.9 Å². The van der Waals surface area contributed by atoms with Crippen molar-refractivity contribution in [2.45, 2.75) is 13.8 Å². The van der Waals surface area contributed by atoms with Gasteiger partial charge >= 0.3 is 0 Å². The molecular formula is C18H22BrN5. The molecule has 2 aromatic heterocycles. The maximum Gasteiger partial charge on any atom is 0.181 e. The first-order chi connectivity index (χ1) is 11.7. The molecule has 126 valence electrons. The monoisotopic (exact) mass is 387 g/mol. The van der Waals surface area contributed by atoms with E-state index in [1.807, 2.05) is 22.9 Å². The van der Waals surface area contributed by atoms with Crippen molar-refractivity contribution in [3.8, 4) is 0 Å². The number of hydrogen-bond donors (Lipinski definition) is 0. The molecule has 0 atom stereocenters. The molecule has 3 aromatic rings. The Balaban J connectivity index is 2.00. The summed E-state index contributed by atoms with van der Waals surface area (Å²) >= 11 is 3.53. The van der Waals surface area contributed by atoms with Crippen LogP contribution in [0.2, 0.25) is 0 Å². The molecule has 1 aromatic carbocycles. The molecule has 0 aliphatic heterocycles. The number of aromatic nitrogens is 3. The van der Waals surface area contributed by atoms with E-state index in [1.165, 1.54) is 0 Å². The van der Waals surface area contributed by atoms with Crippen LogP contribution in [0, 0.1) is 0 Å². The lowest BCUT2D eigenvalue weighted by Crippen LogP contribution is -2.33. The van der Waals surface area contributed by atoms with E-state index in [1.54, 1.807) is 6.20 Å². The van der Waals surface area contributed by atoms with E-state index >= 15 is 0 Å². The Morgan fingerprint density at radius 3 is 2.50 bits per heavy atom. The number of likely N-dealkylation sites (N-methyl/N-ethyl adjacent to an activating group) is 1. The average Bonchev–Trinajstić information content (AvgIpc) is 3.12. The van der Waals surface area contributed by atoms with Gasteiger partial charge in [0, 0.05) is 31.2 Å². The van der Waals surface area contributed by atoms with Gasteiger partial charge in [0.05, 0.1) is 6.20 Å². The summed E-state index contributed by atoms with van der Waals surface area (Å²) in [5.41, 5.74) is 1.98. The molecule has 0 aliphatic rings. The number of hydrogen-bond acceptors (Lipinski definition) is 4. The molecule has 0 N–H and O–H groups in total. The predicted molar refractivity (Wildman–Crippen MR) is 102 cm³/mol. The number of nitrogens with zero attached hydrogens (tertiary/aromatic N) is 5. The summed E-state index contributed by atoms with van der Waals surface area (Å²) in [7, 11) is 0. The molecule has 3 rings (SSSR count). The van der Waals surface area contributed by atoms with Crippen molar-refractivity contribution in [1.29, 1.82) is 0 Å². The fraction of sp³-hybridized carbons (Fsp3) is 0.333. The Morgan fingerprint density at radius 2 is 1.79 bits per heavy atom. The number of imidazole rings is 1. The largest absolute Gasteiger partial charge is 0.322 e. The van der Waals surface area contributed by atoms with Gasteiger partial charge < -0.3 is 9.80 Å². The van der Waals surface area contributed by atoms with Crippen LogP contribution in [-0.4, -0.2) is 45.4 Å². The van der Waals surface area contributed by atoms with Crippen LogP contribution >= 0.6 is 15.9 Å².